The maximum Gasteiger partial charge on any atom is 0.317 e. The van der Waals surface area contributed by atoms with Gasteiger partial charge in [0, 0.05) is 5.02 Å². The Hall–Kier alpha value is -1.88. The summed E-state index contributed by atoms with van der Waals surface area (Å²) >= 11 is 5.75. The Bertz CT molecular complexity index is 453. The summed E-state index contributed by atoms with van der Waals surface area (Å²) < 4.78 is 0. The number of hydrogen-bond acceptors (Lipinski definition) is 3. The first kappa shape index (κ1) is 13.2. The molecule has 0 atom stereocenters. The first-order chi connectivity index (χ1) is 7.99. The number of nitrogens with two attached hydrogens (primary N) is 1. The molecule has 1 aromatic carbocycles. The molecule has 2 amide bonds. The van der Waals surface area contributed by atoms with Crippen molar-refractivity contribution in [2.24, 2.45) is 10.7 Å². The molecule has 1 rings (SSSR count). The second-order valence-electron chi connectivity index (χ2n) is 3.41. The van der Waals surface area contributed by atoms with Crippen molar-refractivity contribution >= 4 is 29.2 Å². The molecular weight excluding hydrogens is 240 g/mol. The maximum atomic E-state index is 10.7. The van der Waals surface area contributed by atoms with Crippen LogP contribution in [0.1, 0.15) is 12.5 Å². The number of halogens is 1. The number of urea groups is 1. The van der Waals surface area contributed by atoms with Gasteiger partial charge in [0.2, 0.25) is 0 Å². The highest BCUT2D eigenvalue weighted by atomic mass is 35.5. The van der Waals surface area contributed by atoms with Crippen LogP contribution in [-0.4, -0.2) is 17.6 Å². The molecule has 0 saturated heterocycles. The van der Waals surface area contributed by atoms with Crippen molar-refractivity contribution in [3.8, 4) is 0 Å². The van der Waals surface area contributed by atoms with E-state index in [9.17, 15) is 4.79 Å². The highest BCUT2D eigenvalue weighted by Crippen LogP contribution is 2.10. The number of benzene rings is 1. The van der Waals surface area contributed by atoms with Crippen LogP contribution in [0.25, 0.3) is 0 Å². The molecule has 6 heteroatoms. The molecule has 17 heavy (non-hydrogen) atoms. The normalized spacial score (nSPS) is 11.1. The zero-order valence-electron chi connectivity index (χ0n) is 9.33. The Kier molecular flexibility index (Phi) is 4.66. The number of carbonyl (C=O) groups is 1. The van der Waals surface area contributed by atoms with Gasteiger partial charge < -0.3 is 11.1 Å². The molecule has 5 nitrogen and oxygen atoms in total. The van der Waals surface area contributed by atoms with Gasteiger partial charge in [-0.2, -0.15) is 0 Å². The lowest BCUT2D eigenvalue weighted by atomic mass is 10.2. The third-order valence-corrected chi connectivity index (χ3v) is 2.18. The first-order valence-electron chi connectivity index (χ1n) is 4.90. The van der Waals surface area contributed by atoms with Crippen LogP contribution in [0, 0.1) is 5.41 Å². The Labute approximate surface area is 104 Å². The Morgan fingerprint density at radius 1 is 1.47 bits per heavy atom. The van der Waals surface area contributed by atoms with Gasteiger partial charge in [0.25, 0.3) is 0 Å². The third-order valence-electron chi connectivity index (χ3n) is 1.93. The summed E-state index contributed by atoms with van der Waals surface area (Å²) in [6.45, 7) is 1.87. The predicted molar refractivity (Wildman–Crippen MR) is 68.7 cm³/mol. The standard InChI is InChI=1S/C11H13ClN4O/c1-7(13)10(16-11(14)17)15-6-8-2-4-9(12)5-3-8/h2-5,13H,6H2,1H3,(H3,14,15,16,17). The second kappa shape index (κ2) is 6.00. The highest BCUT2D eigenvalue weighted by Gasteiger charge is 2.04. The van der Waals surface area contributed by atoms with E-state index in [2.05, 4.69) is 10.3 Å². The fourth-order valence-corrected chi connectivity index (χ4v) is 1.25. The topological polar surface area (TPSA) is 91.3 Å². The summed E-state index contributed by atoms with van der Waals surface area (Å²) in [4.78, 5) is 14.8. The Morgan fingerprint density at radius 2 is 2.06 bits per heavy atom. The van der Waals surface area contributed by atoms with E-state index in [0.29, 0.717) is 11.6 Å². The van der Waals surface area contributed by atoms with Gasteiger partial charge in [-0.1, -0.05) is 23.7 Å². The Balaban J connectivity index is 2.75. The zero-order chi connectivity index (χ0) is 12.8. The van der Waals surface area contributed by atoms with Gasteiger partial charge in [0.05, 0.1) is 12.3 Å². The Morgan fingerprint density at radius 3 is 2.53 bits per heavy atom. The maximum absolute atomic E-state index is 10.7. The van der Waals surface area contributed by atoms with Crippen LogP contribution in [0.3, 0.4) is 0 Å². The molecule has 0 bridgehead atoms. The van der Waals surface area contributed by atoms with Crippen LogP contribution >= 0.6 is 11.6 Å². The molecule has 0 aliphatic heterocycles. The number of primary amides is 1. The molecule has 0 radical (unpaired) electrons. The number of hydrogen-bond donors (Lipinski definition) is 3. The molecule has 0 aromatic heterocycles. The van der Waals surface area contributed by atoms with Gasteiger partial charge in [0.15, 0.2) is 0 Å². The minimum Gasteiger partial charge on any atom is -0.351 e. The molecule has 0 aliphatic rings. The van der Waals surface area contributed by atoms with Gasteiger partial charge in [-0.05, 0) is 24.6 Å². The number of aliphatic imine (C=N–C) groups is 1. The fourth-order valence-electron chi connectivity index (χ4n) is 1.13. The average molecular weight is 253 g/mol. The number of carbonyl (C=O) groups excluding carboxylic acids is 1. The highest BCUT2D eigenvalue weighted by molar-refractivity contribution is 6.41. The summed E-state index contributed by atoms with van der Waals surface area (Å²) in [6.07, 6.45) is 0. The lowest BCUT2D eigenvalue weighted by molar-refractivity contribution is 0.253. The minimum atomic E-state index is -0.730. The molecule has 0 aliphatic carbocycles. The van der Waals surface area contributed by atoms with Crippen LogP contribution in [0.2, 0.25) is 5.02 Å². The number of rotatable bonds is 3. The summed E-state index contributed by atoms with van der Waals surface area (Å²) in [6, 6.07) is 6.43. The first-order valence-corrected chi connectivity index (χ1v) is 5.27. The van der Waals surface area contributed by atoms with Crippen molar-refractivity contribution in [3.63, 3.8) is 0 Å². The van der Waals surface area contributed by atoms with Gasteiger partial charge in [0.1, 0.15) is 5.84 Å². The van der Waals surface area contributed by atoms with E-state index in [1.807, 2.05) is 12.1 Å². The van der Waals surface area contributed by atoms with E-state index < -0.39 is 6.03 Å². The quantitative estimate of drug-likeness (QED) is 0.557. The molecule has 1 aromatic rings. The molecule has 0 heterocycles. The zero-order valence-corrected chi connectivity index (χ0v) is 10.1. The van der Waals surface area contributed by atoms with E-state index in [1.165, 1.54) is 6.92 Å². The summed E-state index contributed by atoms with van der Waals surface area (Å²) in [5, 5.41) is 10.4. The van der Waals surface area contributed by atoms with Crippen LogP contribution in [-0.2, 0) is 6.54 Å². The van der Waals surface area contributed by atoms with Crippen LogP contribution in [0.4, 0.5) is 4.79 Å². The van der Waals surface area contributed by atoms with Crippen LogP contribution in [0.15, 0.2) is 29.3 Å². The number of amides is 2. The molecule has 0 spiro atoms. The SMILES string of the molecule is CC(=N)C(=NCc1ccc(Cl)cc1)NC(N)=O. The predicted octanol–water partition coefficient (Wildman–Crippen LogP) is 1.95. The molecule has 4 N–H and O–H groups in total. The van der Waals surface area contributed by atoms with Gasteiger partial charge in [-0.25, -0.2) is 4.79 Å². The van der Waals surface area contributed by atoms with Crippen LogP contribution in [0.5, 0.6) is 0 Å². The van der Waals surface area contributed by atoms with E-state index in [4.69, 9.17) is 22.7 Å². The van der Waals surface area contributed by atoms with E-state index >= 15 is 0 Å². The number of nitrogens with zero attached hydrogens (tertiary/aromatic N) is 1. The monoisotopic (exact) mass is 252 g/mol. The van der Waals surface area contributed by atoms with Crippen LogP contribution < -0.4 is 11.1 Å². The average Bonchev–Trinajstić information content (AvgIpc) is 2.25. The molecule has 0 unspecified atom stereocenters. The number of nitrogens with one attached hydrogen (secondary N) is 2. The smallest absolute Gasteiger partial charge is 0.317 e. The fraction of sp³-hybridized carbons (Fsp3) is 0.182. The van der Waals surface area contributed by atoms with E-state index in [-0.39, 0.29) is 11.5 Å². The van der Waals surface area contributed by atoms with E-state index in [1.54, 1.807) is 12.1 Å². The minimum absolute atomic E-state index is 0.151. The lowest BCUT2D eigenvalue weighted by Crippen LogP contribution is -2.38. The molecular formula is C11H13ClN4O. The van der Waals surface area contributed by atoms with Crippen molar-refractivity contribution in [1.82, 2.24) is 5.32 Å². The van der Waals surface area contributed by atoms with Crippen molar-refractivity contribution in [2.75, 3.05) is 0 Å². The molecule has 0 fully saturated rings. The lowest BCUT2D eigenvalue weighted by Gasteiger charge is -2.05. The summed E-state index contributed by atoms with van der Waals surface area (Å²) in [5.41, 5.74) is 6.06. The number of amidine groups is 1. The van der Waals surface area contributed by atoms with Crippen molar-refractivity contribution in [2.45, 2.75) is 13.5 Å². The van der Waals surface area contributed by atoms with Gasteiger partial charge >= 0.3 is 6.03 Å². The third kappa shape index (κ3) is 4.65. The summed E-state index contributed by atoms with van der Waals surface area (Å²) in [5.74, 6) is 0.174. The molecule has 90 valence electrons. The van der Waals surface area contributed by atoms with Crippen molar-refractivity contribution in [1.29, 1.82) is 5.41 Å². The second-order valence-corrected chi connectivity index (χ2v) is 3.84. The van der Waals surface area contributed by atoms with Crippen molar-refractivity contribution < 1.29 is 4.79 Å². The van der Waals surface area contributed by atoms with Gasteiger partial charge in [-0.15, -0.1) is 0 Å². The van der Waals surface area contributed by atoms with Gasteiger partial charge in [-0.3, -0.25) is 10.3 Å². The van der Waals surface area contributed by atoms with Crippen molar-refractivity contribution in [3.05, 3.63) is 34.9 Å². The summed E-state index contributed by atoms with van der Waals surface area (Å²) in [7, 11) is 0. The van der Waals surface area contributed by atoms with E-state index in [0.717, 1.165) is 5.56 Å². The largest absolute Gasteiger partial charge is 0.351 e. The molecule has 0 saturated carbocycles.